The molecule has 0 aromatic heterocycles. The molecule has 0 atom stereocenters. The second-order valence-corrected chi connectivity index (χ2v) is 5.49. The minimum absolute atomic E-state index is 0.120. The number of carbonyl (C=O) groups excluding carboxylic acids is 2. The monoisotopic (exact) mass is 273 g/mol. The van der Waals surface area contributed by atoms with Crippen molar-refractivity contribution in [2.24, 2.45) is 0 Å². The number of amides is 1. The molecule has 20 heavy (non-hydrogen) atoms. The van der Waals surface area contributed by atoms with Gasteiger partial charge in [-0.1, -0.05) is 12.1 Å². The second-order valence-electron chi connectivity index (χ2n) is 5.49. The summed E-state index contributed by atoms with van der Waals surface area (Å²) in [6.07, 6.45) is 3.49. The lowest BCUT2D eigenvalue weighted by molar-refractivity contribution is -0.133. The number of Topliss-reactive ketones (excluding diaryl/α,β-unsaturated/α-hetero) is 1. The molecular formula is C16H19NO3. The van der Waals surface area contributed by atoms with Crippen molar-refractivity contribution in [3.05, 3.63) is 29.3 Å². The van der Waals surface area contributed by atoms with Crippen LogP contribution in [0.4, 0.5) is 0 Å². The smallest absolute Gasteiger partial charge is 0.227 e. The van der Waals surface area contributed by atoms with E-state index in [-0.39, 0.29) is 11.7 Å². The van der Waals surface area contributed by atoms with Crippen molar-refractivity contribution in [3.8, 4) is 5.75 Å². The number of likely N-dealkylation sites (tertiary alicyclic amines) is 1. The first kappa shape index (κ1) is 13.2. The van der Waals surface area contributed by atoms with E-state index in [4.69, 9.17) is 4.74 Å². The van der Waals surface area contributed by atoms with E-state index in [2.05, 4.69) is 6.07 Å². The summed E-state index contributed by atoms with van der Waals surface area (Å²) in [5, 5.41) is 0. The minimum Gasteiger partial charge on any atom is -0.493 e. The van der Waals surface area contributed by atoms with E-state index in [0.717, 1.165) is 30.8 Å². The number of hydrogen-bond donors (Lipinski definition) is 0. The third kappa shape index (κ3) is 2.84. The second kappa shape index (κ2) is 5.65. The SMILES string of the molecule is O=C1CCN(C(=O)Cc2ccc3c(c2)CCCO3)CC1. The van der Waals surface area contributed by atoms with E-state index in [1.807, 2.05) is 12.1 Å². The van der Waals surface area contributed by atoms with Crippen LogP contribution in [-0.2, 0) is 22.4 Å². The summed E-state index contributed by atoms with van der Waals surface area (Å²) in [5.41, 5.74) is 2.24. The van der Waals surface area contributed by atoms with Gasteiger partial charge in [-0.3, -0.25) is 9.59 Å². The van der Waals surface area contributed by atoms with Crippen molar-refractivity contribution in [1.29, 1.82) is 0 Å². The predicted octanol–water partition coefficient (Wildman–Crippen LogP) is 1.75. The molecule has 0 spiro atoms. The fourth-order valence-electron chi connectivity index (χ4n) is 2.82. The Morgan fingerprint density at radius 1 is 1.20 bits per heavy atom. The largest absolute Gasteiger partial charge is 0.493 e. The van der Waals surface area contributed by atoms with Crippen LogP contribution in [0.3, 0.4) is 0 Å². The van der Waals surface area contributed by atoms with E-state index in [1.165, 1.54) is 5.56 Å². The third-order valence-electron chi connectivity index (χ3n) is 4.00. The summed E-state index contributed by atoms with van der Waals surface area (Å²) in [6.45, 7) is 1.94. The Morgan fingerprint density at radius 2 is 2.00 bits per heavy atom. The van der Waals surface area contributed by atoms with Crippen LogP contribution in [0.5, 0.6) is 5.75 Å². The van der Waals surface area contributed by atoms with Gasteiger partial charge in [0.1, 0.15) is 11.5 Å². The van der Waals surface area contributed by atoms with Gasteiger partial charge in [-0.25, -0.2) is 0 Å². The van der Waals surface area contributed by atoms with E-state index < -0.39 is 0 Å². The maximum atomic E-state index is 12.2. The van der Waals surface area contributed by atoms with Gasteiger partial charge in [0, 0.05) is 25.9 Å². The lowest BCUT2D eigenvalue weighted by Gasteiger charge is -2.26. The number of rotatable bonds is 2. The summed E-state index contributed by atoms with van der Waals surface area (Å²) in [4.78, 5) is 25.2. The molecule has 2 aliphatic heterocycles. The van der Waals surface area contributed by atoms with Crippen LogP contribution in [0.1, 0.15) is 30.4 Å². The van der Waals surface area contributed by atoms with Crippen LogP contribution in [-0.4, -0.2) is 36.3 Å². The zero-order chi connectivity index (χ0) is 13.9. The molecule has 1 saturated heterocycles. The molecule has 1 aromatic rings. The van der Waals surface area contributed by atoms with Gasteiger partial charge in [-0.2, -0.15) is 0 Å². The standard InChI is InChI=1S/C16H19NO3/c18-14-5-7-17(8-6-14)16(19)11-12-3-4-15-13(10-12)2-1-9-20-15/h3-4,10H,1-2,5-9,11H2. The summed E-state index contributed by atoms with van der Waals surface area (Å²) in [6, 6.07) is 6.02. The number of benzene rings is 1. The molecule has 0 saturated carbocycles. The fraction of sp³-hybridized carbons (Fsp3) is 0.500. The summed E-state index contributed by atoms with van der Waals surface area (Å²) in [5.74, 6) is 1.34. The maximum absolute atomic E-state index is 12.2. The molecule has 1 amide bonds. The molecule has 0 aliphatic carbocycles. The van der Waals surface area contributed by atoms with Gasteiger partial charge in [0.2, 0.25) is 5.91 Å². The molecule has 0 radical (unpaired) electrons. The molecule has 1 aromatic carbocycles. The normalized spacial score (nSPS) is 18.4. The summed E-state index contributed by atoms with van der Waals surface area (Å²) in [7, 11) is 0. The van der Waals surface area contributed by atoms with Crippen molar-refractivity contribution < 1.29 is 14.3 Å². The Hall–Kier alpha value is -1.84. The van der Waals surface area contributed by atoms with Crippen LogP contribution < -0.4 is 4.74 Å². The Labute approximate surface area is 118 Å². The number of carbonyl (C=O) groups is 2. The first-order chi connectivity index (χ1) is 9.72. The zero-order valence-electron chi connectivity index (χ0n) is 11.6. The van der Waals surface area contributed by atoms with Crippen molar-refractivity contribution in [2.75, 3.05) is 19.7 Å². The molecule has 4 nitrogen and oxygen atoms in total. The van der Waals surface area contributed by atoms with Crippen molar-refractivity contribution in [3.63, 3.8) is 0 Å². The lowest BCUT2D eigenvalue weighted by atomic mass is 10.0. The van der Waals surface area contributed by atoms with E-state index in [1.54, 1.807) is 4.90 Å². The number of aryl methyl sites for hydroxylation is 1. The highest BCUT2D eigenvalue weighted by atomic mass is 16.5. The van der Waals surface area contributed by atoms with Crippen LogP contribution in [0.15, 0.2) is 18.2 Å². The summed E-state index contributed by atoms with van der Waals surface area (Å²) >= 11 is 0. The van der Waals surface area contributed by atoms with Gasteiger partial charge in [0.15, 0.2) is 0 Å². The van der Waals surface area contributed by atoms with E-state index >= 15 is 0 Å². The highest BCUT2D eigenvalue weighted by Crippen LogP contribution is 2.26. The predicted molar refractivity (Wildman–Crippen MR) is 74.8 cm³/mol. The number of hydrogen-bond acceptors (Lipinski definition) is 3. The Bertz CT molecular complexity index is 529. The van der Waals surface area contributed by atoms with Crippen LogP contribution in [0.2, 0.25) is 0 Å². The van der Waals surface area contributed by atoms with Gasteiger partial charge in [-0.15, -0.1) is 0 Å². The third-order valence-corrected chi connectivity index (χ3v) is 4.00. The van der Waals surface area contributed by atoms with Gasteiger partial charge in [0.05, 0.1) is 13.0 Å². The molecule has 1 fully saturated rings. The molecule has 2 aliphatic rings. The number of ketones is 1. The van der Waals surface area contributed by atoms with Gasteiger partial charge in [0.25, 0.3) is 0 Å². The Morgan fingerprint density at radius 3 is 2.80 bits per heavy atom. The topological polar surface area (TPSA) is 46.6 Å². The first-order valence-electron chi connectivity index (χ1n) is 7.26. The van der Waals surface area contributed by atoms with Crippen molar-refractivity contribution >= 4 is 11.7 Å². The Balaban J connectivity index is 1.65. The van der Waals surface area contributed by atoms with Crippen LogP contribution >= 0.6 is 0 Å². The highest BCUT2D eigenvalue weighted by molar-refractivity contribution is 5.84. The lowest BCUT2D eigenvalue weighted by Crippen LogP contribution is -2.39. The molecular weight excluding hydrogens is 254 g/mol. The van der Waals surface area contributed by atoms with Crippen LogP contribution in [0.25, 0.3) is 0 Å². The number of piperidine rings is 1. The average Bonchev–Trinajstić information content (AvgIpc) is 2.48. The number of ether oxygens (including phenoxy) is 1. The minimum atomic E-state index is 0.120. The maximum Gasteiger partial charge on any atom is 0.227 e. The molecule has 106 valence electrons. The molecule has 0 bridgehead atoms. The van der Waals surface area contributed by atoms with Gasteiger partial charge in [-0.05, 0) is 30.0 Å². The summed E-state index contributed by atoms with van der Waals surface area (Å²) < 4.78 is 5.58. The van der Waals surface area contributed by atoms with Crippen molar-refractivity contribution in [1.82, 2.24) is 4.90 Å². The van der Waals surface area contributed by atoms with Gasteiger partial charge >= 0.3 is 0 Å². The van der Waals surface area contributed by atoms with Crippen LogP contribution in [0, 0.1) is 0 Å². The average molecular weight is 273 g/mol. The zero-order valence-corrected chi connectivity index (χ0v) is 11.6. The van der Waals surface area contributed by atoms with E-state index in [9.17, 15) is 9.59 Å². The van der Waals surface area contributed by atoms with E-state index in [0.29, 0.717) is 32.4 Å². The molecule has 0 N–H and O–H groups in total. The van der Waals surface area contributed by atoms with Crippen molar-refractivity contribution in [2.45, 2.75) is 32.1 Å². The highest BCUT2D eigenvalue weighted by Gasteiger charge is 2.21. The first-order valence-corrected chi connectivity index (χ1v) is 7.26. The molecule has 3 rings (SSSR count). The molecule has 4 heteroatoms. The number of fused-ring (bicyclic) bond motifs is 1. The molecule has 0 unspecified atom stereocenters. The number of nitrogens with zero attached hydrogens (tertiary/aromatic N) is 1. The fourth-order valence-corrected chi connectivity index (χ4v) is 2.82. The molecule has 2 heterocycles. The van der Waals surface area contributed by atoms with Gasteiger partial charge < -0.3 is 9.64 Å². The Kier molecular flexibility index (Phi) is 3.72. The quantitative estimate of drug-likeness (QED) is 0.824.